The average molecular weight is 425 g/mol. The van der Waals surface area contributed by atoms with Crippen LogP contribution in [0.15, 0.2) is 46.3 Å². The van der Waals surface area contributed by atoms with Gasteiger partial charge in [0.05, 0.1) is 13.2 Å². The molecule has 1 saturated heterocycles. The van der Waals surface area contributed by atoms with Gasteiger partial charge in [-0.25, -0.2) is 13.2 Å². The summed E-state index contributed by atoms with van der Waals surface area (Å²) >= 11 is 1.56. The number of rotatable bonds is 7. The van der Waals surface area contributed by atoms with Crippen molar-refractivity contribution in [3.63, 3.8) is 0 Å². The number of esters is 1. The quantitative estimate of drug-likeness (QED) is 0.410. The van der Waals surface area contributed by atoms with Crippen LogP contribution in [-0.2, 0) is 19.5 Å². The van der Waals surface area contributed by atoms with E-state index in [4.69, 9.17) is 9.47 Å². The van der Waals surface area contributed by atoms with Crippen LogP contribution in [0.4, 0.5) is 0 Å². The van der Waals surface area contributed by atoms with Crippen molar-refractivity contribution >= 4 is 33.5 Å². The number of carbonyl (C=O) groups is 2. The molecule has 0 aliphatic carbocycles. The molecule has 8 nitrogen and oxygen atoms in total. The van der Waals surface area contributed by atoms with E-state index in [2.05, 4.69) is 4.98 Å². The van der Waals surface area contributed by atoms with Crippen molar-refractivity contribution in [2.24, 2.45) is 0 Å². The number of ketones is 1. The molecule has 3 rings (SSSR count). The molecule has 0 atom stereocenters. The van der Waals surface area contributed by atoms with Gasteiger partial charge in [0, 0.05) is 29.7 Å². The number of morpholine rings is 1. The van der Waals surface area contributed by atoms with Crippen molar-refractivity contribution < 1.29 is 27.5 Å². The Hall–Kier alpha value is -2.14. The van der Waals surface area contributed by atoms with E-state index in [9.17, 15) is 18.0 Å². The number of nitrogens with one attached hydrogen (secondary N) is 1. The van der Waals surface area contributed by atoms with E-state index in [1.54, 1.807) is 23.9 Å². The summed E-state index contributed by atoms with van der Waals surface area (Å²) in [6.07, 6.45) is 3.17. The zero-order valence-electron chi connectivity index (χ0n) is 15.2. The second kappa shape index (κ2) is 8.91. The predicted octanol–water partition coefficient (Wildman–Crippen LogP) is 1.80. The number of hydrogen-bond donors (Lipinski definition) is 1. The largest absolute Gasteiger partial charge is 0.453 e. The lowest BCUT2D eigenvalue weighted by atomic mass is 10.1. The fourth-order valence-electron chi connectivity index (χ4n) is 2.65. The van der Waals surface area contributed by atoms with Crippen LogP contribution in [0.1, 0.15) is 20.8 Å². The number of aromatic amines is 1. The number of H-pyrrole nitrogens is 1. The summed E-state index contributed by atoms with van der Waals surface area (Å²) in [6.45, 7) is 0.757. The number of aromatic nitrogens is 1. The van der Waals surface area contributed by atoms with Gasteiger partial charge in [-0.2, -0.15) is 4.31 Å². The highest BCUT2D eigenvalue weighted by Crippen LogP contribution is 2.19. The minimum atomic E-state index is -3.71. The number of nitrogens with zero attached hydrogens (tertiary/aromatic N) is 1. The maximum Gasteiger partial charge on any atom is 0.355 e. The van der Waals surface area contributed by atoms with Crippen molar-refractivity contribution in [3.8, 4) is 0 Å². The molecule has 0 radical (unpaired) electrons. The summed E-state index contributed by atoms with van der Waals surface area (Å²) in [5.74, 6) is -1.13. The highest BCUT2D eigenvalue weighted by Gasteiger charge is 2.28. The number of benzene rings is 1. The Balaban J connectivity index is 1.61. The maximum atomic E-state index is 12.6. The highest BCUT2D eigenvalue weighted by atomic mass is 32.2. The Morgan fingerprint density at radius 3 is 2.54 bits per heavy atom. The molecule has 10 heteroatoms. The lowest BCUT2D eigenvalue weighted by Crippen LogP contribution is -2.40. The molecule has 28 heavy (non-hydrogen) atoms. The summed E-state index contributed by atoms with van der Waals surface area (Å²) < 4.78 is 36.6. The number of Topliss-reactive ketones (excluding diaryl/α,β-unsaturated/α-hetero) is 1. The monoisotopic (exact) mass is 424 g/mol. The predicted molar refractivity (Wildman–Crippen MR) is 103 cm³/mol. The molecule has 150 valence electrons. The molecule has 1 aliphatic heterocycles. The van der Waals surface area contributed by atoms with Gasteiger partial charge in [-0.1, -0.05) is 12.1 Å². The Morgan fingerprint density at radius 1 is 1.21 bits per heavy atom. The summed E-state index contributed by atoms with van der Waals surface area (Å²) in [5.41, 5.74) is 0.407. The van der Waals surface area contributed by atoms with Crippen LogP contribution in [0.3, 0.4) is 0 Å². The Kier molecular flexibility index (Phi) is 6.55. The lowest BCUT2D eigenvalue weighted by Gasteiger charge is -2.25. The van der Waals surface area contributed by atoms with Crippen LogP contribution in [-0.4, -0.2) is 68.6 Å². The van der Waals surface area contributed by atoms with Gasteiger partial charge in [0.1, 0.15) is 10.6 Å². The molecular formula is C18H20N2O6S2. The van der Waals surface area contributed by atoms with Crippen LogP contribution in [0.2, 0.25) is 0 Å². The van der Waals surface area contributed by atoms with E-state index in [0.29, 0.717) is 18.8 Å². The minimum absolute atomic E-state index is 0.0275. The molecule has 0 bridgehead atoms. The van der Waals surface area contributed by atoms with Crippen molar-refractivity contribution in [2.75, 3.05) is 39.2 Å². The second-order valence-electron chi connectivity index (χ2n) is 5.99. The first kappa shape index (κ1) is 20.6. The van der Waals surface area contributed by atoms with E-state index in [1.165, 1.54) is 16.6 Å². The summed E-state index contributed by atoms with van der Waals surface area (Å²) in [7, 11) is -3.71. The molecule has 0 amide bonds. The van der Waals surface area contributed by atoms with Crippen molar-refractivity contribution in [1.29, 1.82) is 0 Å². The van der Waals surface area contributed by atoms with Gasteiger partial charge in [0.15, 0.2) is 12.4 Å². The molecule has 1 aliphatic rings. The molecular weight excluding hydrogens is 404 g/mol. The third-order valence-corrected chi connectivity index (χ3v) is 6.85. The number of sulfonamides is 1. The summed E-state index contributed by atoms with van der Waals surface area (Å²) in [5, 5.41) is 0. The van der Waals surface area contributed by atoms with Crippen molar-refractivity contribution in [2.45, 2.75) is 9.79 Å². The number of ether oxygens (including phenoxy) is 2. The third-order valence-electron chi connectivity index (χ3n) is 4.23. The number of carbonyl (C=O) groups excluding carboxylic acids is 2. The average Bonchev–Trinajstić information content (AvgIpc) is 3.24. The van der Waals surface area contributed by atoms with E-state index >= 15 is 0 Å². The number of hydrogen-bond acceptors (Lipinski definition) is 7. The first-order valence-corrected chi connectivity index (χ1v) is 11.2. The van der Waals surface area contributed by atoms with Gasteiger partial charge in [0.2, 0.25) is 10.0 Å². The Morgan fingerprint density at radius 2 is 1.89 bits per heavy atom. The molecule has 0 saturated carbocycles. The number of thioether (sulfide) groups is 1. The first-order valence-electron chi connectivity index (χ1n) is 8.52. The second-order valence-corrected chi connectivity index (χ2v) is 8.81. The standard InChI is InChI=1S/C18H20N2O6S2/c1-27-14-4-2-13(3-5-14)17(21)12-26-18(22)16-10-15(11-19-16)28(23,24)20-6-8-25-9-7-20/h2-5,10-11,19H,6-9,12H2,1H3. The zero-order valence-corrected chi connectivity index (χ0v) is 16.8. The van der Waals surface area contributed by atoms with E-state index in [1.807, 2.05) is 18.4 Å². The molecule has 1 fully saturated rings. The zero-order chi connectivity index (χ0) is 20.1. The smallest absolute Gasteiger partial charge is 0.355 e. The molecule has 2 aromatic rings. The van der Waals surface area contributed by atoms with Crippen molar-refractivity contribution in [1.82, 2.24) is 9.29 Å². The van der Waals surface area contributed by atoms with Gasteiger partial charge < -0.3 is 14.5 Å². The van der Waals surface area contributed by atoms with Crippen LogP contribution in [0.5, 0.6) is 0 Å². The fourth-order valence-corrected chi connectivity index (χ4v) is 4.46. The molecule has 0 spiro atoms. The SMILES string of the molecule is CSc1ccc(C(=O)COC(=O)c2cc(S(=O)(=O)N3CCOCC3)c[nH]2)cc1. The van der Waals surface area contributed by atoms with Gasteiger partial charge in [-0.15, -0.1) is 11.8 Å². The molecule has 2 heterocycles. The van der Waals surface area contributed by atoms with E-state index < -0.39 is 22.6 Å². The molecule has 0 unspecified atom stereocenters. The molecule has 1 N–H and O–H groups in total. The third kappa shape index (κ3) is 4.64. The van der Waals surface area contributed by atoms with E-state index in [-0.39, 0.29) is 29.5 Å². The van der Waals surface area contributed by atoms with Gasteiger partial charge in [-0.3, -0.25) is 4.79 Å². The van der Waals surface area contributed by atoms with Gasteiger partial charge >= 0.3 is 5.97 Å². The first-order chi connectivity index (χ1) is 13.4. The van der Waals surface area contributed by atoms with Crippen LogP contribution >= 0.6 is 11.8 Å². The fraction of sp³-hybridized carbons (Fsp3) is 0.333. The van der Waals surface area contributed by atoms with Crippen LogP contribution in [0, 0.1) is 0 Å². The lowest BCUT2D eigenvalue weighted by molar-refractivity contribution is 0.0469. The van der Waals surface area contributed by atoms with Crippen LogP contribution in [0.25, 0.3) is 0 Å². The summed E-state index contributed by atoms with van der Waals surface area (Å²) in [6, 6.07) is 8.18. The van der Waals surface area contributed by atoms with Gasteiger partial charge in [-0.05, 0) is 24.5 Å². The van der Waals surface area contributed by atoms with Crippen LogP contribution < -0.4 is 0 Å². The Labute approximate surface area is 167 Å². The topological polar surface area (TPSA) is 106 Å². The van der Waals surface area contributed by atoms with E-state index in [0.717, 1.165) is 4.90 Å². The minimum Gasteiger partial charge on any atom is -0.453 e. The normalized spacial score (nSPS) is 15.3. The maximum absolute atomic E-state index is 12.6. The Bertz CT molecular complexity index is 947. The highest BCUT2D eigenvalue weighted by molar-refractivity contribution is 7.98. The summed E-state index contributed by atoms with van der Waals surface area (Å²) in [4.78, 5) is 27.9. The van der Waals surface area contributed by atoms with Gasteiger partial charge in [0.25, 0.3) is 0 Å². The van der Waals surface area contributed by atoms with Crippen molar-refractivity contribution in [3.05, 3.63) is 47.8 Å². The molecule has 1 aromatic heterocycles. The molecule has 1 aromatic carbocycles.